The van der Waals surface area contributed by atoms with Gasteiger partial charge in [0.15, 0.2) is 0 Å². The van der Waals surface area contributed by atoms with Crippen LogP contribution in [-0.2, 0) is 6.42 Å². The molecule has 0 aromatic carbocycles. The molecule has 1 atom stereocenters. The first-order valence-electron chi connectivity index (χ1n) is 5.12. The normalized spacial score (nSPS) is 13.9. The fourth-order valence-corrected chi connectivity index (χ4v) is 2.77. The molecule has 1 nitrogen and oxygen atoms in total. The summed E-state index contributed by atoms with van der Waals surface area (Å²) in [6.07, 6.45) is 5.75. The van der Waals surface area contributed by atoms with Crippen LogP contribution in [0.5, 0.6) is 0 Å². The molecule has 1 heterocycles. The highest BCUT2D eigenvalue weighted by Crippen LogP contribution is 2.29. The lowest BCUT2D eigenvalue weighted by molar-refractivity contribution is 0.331. The van der Waals surface area contributed by atoms with Gasteiger partial charge in [-0.1, -0.05) is 13.8 Å². The Labute approximate surface area is 105 Å². The van der Waals surface area contributed by atoms with E-state index in [1.54, 1.807) is 6.20 Å². The smallest absolute Gasteiger partial charge is 0.0410 e. The van der Waals surface area contributed by atoms with Gasteiger partial charge >= 0.3 is 0 Å². The van der Waals surface area contributed by atoms with Gasteiger partial charge in [0.05, 0.1) is 0 Å². The van der Waals surface area contributed by atoms with Crippen molar-refractivity contribution in [2.45, 2.75) is 39.0 Å². The fraction of sp³-hybridized carbons (Fsp3) is 0.583. The lowest BCUT2D eigenvalue weighted by Gasteiger charge is -2.25. The lowest BCUT2D eigenvalue weighted by Crippen LogP contribution is -2.18. The number of hydrogen-bond donors (Lipinski definition) is 0. The van der Waals surface area contributed by atoms with E-state index < -0.39 is 0 Å². The Morgan fingerprint density at radius 3 is 2.67 bits per heavy atom. The number of alkyl halides is 1. The number of aromatic nitrogens is 1. The molecule has 0 saturated carbocycles. The third-order valence-corrected chi connectivity index (χ3v) is 2.87. The lowest BCUT2D eigenvalue weighted by atomic mass is 9.82. The van der Waals surface area contributed by atoms with E-state index in [-0.39, 0.29) is 10.8 Å². The Morgan fingerprint density at radius 2 is 2.13 bits per heavy atom. The minimum atomic E-state index is 0.222. The molecule has 1 aromatic heterocycles. The maximum atomic E-state index is 6.03. The van der Waals surface area contributed by atoms with Crippen molar-refractivity contribution in [3.05, 3.63) is 28.5 Å². The zero-order valence-corrected chi connectivity index (χ0v) is 11.8. The fourth-order valence-electron chi connectivity index (χ4n) is 1.94. The molecular weight excluding hydrogens is 273 g/mol. The van der Waals surface area contributed by atoms with Gasteiger partial charge in [-0.3, -0.25) is 4.98 Å². The van der Waals surface area contributed by atoms with Crippen LogP contribution in [0.4, 0.5) is 0 Å². The van der Waals surface area contributed by atoms with Crippen LogP contribution in [0.3, 0.4) is 0 Å². The van der Waals surface area contributed by atoms with Crippen LogP contribution < -0.4 is 0 Å². The van der Waals surface area contributed by atoms with Crippen LogP contribution in [0.15, 0.2) is 22.9 Å². The molecule has 0 spiro atoms. The molecule has 0 amide bonds. The minimum absolute atomic E-state index is 0.222. The summed E-state index contributed by atoms with van der Waals surface area (Å²) in [5.41, 5.74) is 1.48. The third kappa shape index (κ3) is 4.98. The van der Waals surface area contributed by atoms with Crippen LogP contribution in [-0.4, -0.2) is 10.4 Å². The molecule has 0 bridgehead atoms. The van der Waals surface area contributed by atoms with Crippen molar-refractivity contribution in [3.63, 3.8) is 0 Å². The van der Waals surface area contributed by atoms with Crippen molar-refractivity contribution in [2.75, 3.05) is 0 Å². The second-order valence-electron chi connectivity index (χ2n) is 4.84. The summed E-state index contributed by atoms with van der Waals surface area (Å²) in [5.74, 6) is 0. The van der Waals surface area contributed by atoms with E-state index in [1.165, 1.54) is 5.56 Å². The molecule has 15 heavy (non-hydrogen) atoms. The Morgan fingerprint density at radius 1 is 1.47 bits per heavy atom. The first-order chi connectivity index (χ1) is 6.89. The average molecular weight is 291 g/mol. The molecule has 1 rings (SSSR count). The zero-order chi connectivity index (χ0) is 11.5. The van der Waals surface area contributed by atoms with Gasteiger partial charge in [-0.25, -0.2) is 0 Å². The van der Waals surface area contributed by atoms with Crippen molar-refractivity contribution < 1.29 is 0 Å². The van der Waals surface area contributed by atoms with Gasteiger partial charge in [0.1, 0.15) is 0 Å². The van der Waals surface area contributed by atoms with E-state index in [1.807, 2.05) is 13.1 Å². The summed E-state index contributed by atoms with van der Waals surface area (Å²) in [6.45, 7) is 6.53. The van der Waals surface area contributed by atoms with E-state index in [4.69, 9.17) is 11.6 Å². The molecule has 3 heteroatoms. The highest BCUT2D eigenvalue weighted by Gasteiger charge is 2.20. The summed E-state index contributed by atoms with van der Waals surface area (Å²) in [5, 5.41) is 0.222. The number of rotatable bonds is 4. The average Bonchev–Trinajstić information content (AvgIpc) is 1.99. The van der Waals surface area contributed by atoms with Crippen LogP contribution >= 0.6 is 27.5 Å². The van der Waals surface area contributed by atoms with Gasteiger partial charge in [0, 0.05) is 22.2 Å². The van der Waals surface area contributed by atoms with Crippen molar-refractivity contribution in [1.82, 2.24) is 4.98 Å². The Bertz CT molecular complexity index is 323. The van der Waals surface area contributed by atoms with Gasteiger partial charge in [0.2, 0.25) is 0 Å². The van der Waals surface area contributed by atoms with E-state index >= 15 is 0 Å². The van der Waals surface area contributed by atoms with Gasteiger partial charge < -0.3 is 0 Å². The predicted molar refractivity (Wildman–Crippen MR) is 69.4 cm³/mol. The van der Waals surface area contributed by atoms with Gasteiger partial charge in [-0.05, 0) is 52.7 Å². The number of pyridine rings is 1. The molecule has 0 aliphatic carbocycles. The monoisotopic (exact) mass is 289 g/mol. The molecule has 1 aromatic rings. The molecule has 0 N–H and O–H groups in total. The maximum Gasteiger partial charge on any atom is 0.0410 e. The molecular formula is C12H17BrClN. The zero-order valence-electron chi connectivity index (χ0n) is 9.43. The van der Waals surface area contributed by atoms with E-state index in [2.05, 4.69) is 40.8 Å². The number of nitrogens with zero attached hydrogens (tertiary/aromatic N) is 1. The van der Waals surface area contributed by atoms with Crippen molar-refractivity contribution in [2.24, 2.45) is 5.41 Å². The molecule has 84 valence electrons. The molecule has 0 aliphatic rings. The highest BCUT2D eigenvalue weighted by molar-refractivity contribution is 9.10. The quantitative estimate of drug-likeness (QED) is 0.748. The van der Waals surface area contributed by atoms with Gasteiger partial charge in [-0.2, -0.15) is 0 Å². The summed E-state index contributed by atoms with van der Waals surface area (Å²) >= 11 is 9.47. The van der Waals surface area contributed by atoms with E-state index in [0.29, 0.717) is 0 Å². The van der Waals surface area contributed by atoms with E-state index in [0.717, 1.165) is 17.3 Å². The largest absolute Gasteiger partial charge is 0.263 e. The predicted octanol–water partition coefficient (Wildman–Crippen LogP) is 4.43. The van der Waals surface area contributed by atoms with Gasteiger partial charge in [0.25, 0.3) is 0 Å². The maximum absolute atomic E-state index is 6.03. The standard InChI is InChI=1S/C12H17BrClN/c1-9(14)5-12(2,3)6-10-4-11(13)8-15-7-10/h4,7-9H,5-6H2,1-3H3. The minimum Gasteiger partial charge on any atom is -0.263 e. The summed E-state index contributed by atoms with van der Waals surface area (Å²) in [6, 6.07) is 2.12. The second kappa shape index (κ2) is 5.31. The SMILES string of the molecule is CC(Cl)CC(C)(C)Cc1cncc(Br)c1. The molecule has 0 fully saturated rings. The molecule has 0 saturated heterocycles. The Hall–Kier alpha value is -0.0800. The van der Waals surface area contributed by atoms with Crippen LogP contribution in [0, 0.1) is 5.41 Å². The molecule has 0 aliphatic heterocycles. The summed E-state index contributed by atoms with van der Waals surface area (Å²) in [7, 11) is 0. The topological polar surface area (TPSA) is 12.9 Å². The van der Waals surface area contributed by atoms with E-state index in [9.17, 15) is 0 Å². The third-order valence-electron chi connectivity index (χ3n) is 2.28. The number of hydrogen-bond acceptors (Lipinski definition) is 1. The van der Waals surface area contributed by atoms with Crippen LogP contribution in [0.2, 0.25) is 0 Å². The number of halogens is 2. The van der Waals surface area contributed by atoms with Crippen LogP contribution in [0.25, 0.3) is 0 Å². The second-order valence-corrected chi connectivity index (χ2v) is 6.50. The Balaban J connectivity index is 2.68. The van der Waals surface area contributed by atoms with Crippen molar-refractivity contribution in [3.8, 4) is 0 Å². The first kappa shape index (κ1) is 13.0. The van der Waals surface area contributed by atoms with Crippen molar-refractivity contribution in [1.29, 1.82) is 0 Å². The molecule has 1 unspecified atom stereocenters. The summed E-state index contributed by atoms with van der Waals surface area (Å²) < 4.78 is 1.04. The van der Waals surface area contributed by atoms with Gasteiger partial charge in [-0.15, -0.1) is 11.6 Å². The highest BCUT2D eigenvalue weighted by atomic mass is 79.9. The molecule has 0 radical (unpaired) electrons. The van der Waals surface area contributed by atoms with Crippen LogP contribution in [0.1, 0.15) is 32.8 Å². The summed E-state index contributed by atoms with van der Waals surface area (Å²) in [4.78, 5) is 4.17. The Kier molecular flexibility index (Phi) is 4.60. The van der Waals surface area contributed by atoms with Crippen molar-refractivity contribution >= 4 is 27.5 Å². The first-order valence-corrected chi connectivity index (χ1v) is 6.35.